The molecule has 0 bridgehead atoms. The van der Waals surface area contributed by atoms with Gasteiger partial charge in [-0.05, 0) is 38.3 Å². The second-order valence-corrected chi connectivity index (χ2v) is 4.72. The zero-order valence-corrected chi connectivity index (χ0v) is 9.33. The highest BCUT2D eigenvalue weighted by atomic mass is 16.1. The number of nitrogens with two attached hydrogens (primary N) is 1. The van der Waals surface area contributed by atoms with Crippen LogP contribution in [0.2, 0.25) is 0 Å². The SMILES string of the molecule is CC(C)CCN1CCC[C@H](C(N)=O)C1. The lowest BCUT2D eigenvalue weighted by atomic mass is 9.97. The van der Waals surface area contributed by atoms with Crippen molar-refractivity contribution in [3.05, 3.63) is 0 Å². The summed E-state index contributed by atoms with van der Waals surface area (Å²) in [4.78, 5) is 13.4. The summed E-state index contributed by atoms with van der Waals surface area (Å²) in [5.74, 6) is 0.708. The molecule has 0 spiro atoms. The van der Waals surface area contributed by atoms with Crippen molar-refractivity contribution in [2.24, 2.45) is 17.6 Å². The van der Waals surface area contributed by atoms with E-state index in [0.717, 1.165) is 38.4 Å². The maximum absolute atomic E-state index is 11.0. The largest absolute Gasteiger partial charge is 0.369 e. The van der Waals surface area contributed by atoms with E-state index in [9.17, 15) is 4.79 Å². The topological polar surface area (TPSA) is 46.3 Å². The zero-order chi connectivity index (χ0) is 10.6. The molecule has 82 valence electrons. The van der Waals surface area contributed by atoms with Crippen LogP contribution in [0.15, 0.2) is 0 Å². The fourth-order valence-corrected chi connectivity index (χ4v) is 1.93. The maximum atomic E-state index is 11.0. The van der Waals surface area contributed by atoms with Gasteiger partial charge in [0.1, 0.15) is 0 Å². The molecular formula is C11H22N2O. The van der Waals surface area contributed by atoms with Gasteiger partial charge in [-0.15, -0.1) is 0 Å². The molecule has 1 heterocycles. The van der Waals surface area contributed by atoms with Crippen LogP contribution in [-0.4, -0.2) is 30.4 Å². The molecule has 3 heteroatoms. The lowest BCUT2D eigenvalue weighted by Gasteiger charge is -2.31. The lowest BCUT2D eigenvalue weighted by molar-refractivity contribution is -0.123. The molecule has 1 rings (SSSR count). The normalized spacial score (nSPS) is 24.1. The van der Waals surface area contributed by atoms with Crippen molar-refractivity contribution >= 4 is 5.91 Å². The number of amides is 1. The predicted molar refractivity (Wildman–Crippen MR) is 57.8 cm³/mol. The average molecular weight is 198 g/mol. The fraction of sp³-hybridized carbons (Fsp3) is 0.909. The van der Waals surface area contributed by atoms with Gasteiger partial charge in [0.25, 0.3) is 0 Å². The minimum absolute atomic E-state index is 0.0934. The Morgan fingerprint density at radius 1 is 1.57 bits per heavy atom. The Morgan fingerprint density at radius 3 is 2.86 bits per heavy atom. The first-order chi connectivity index (χ1) is 6.59. The second kappa shape index (κ2) is 5.35. The molecule has 1 amide bonds. The summed E-state index contributed by atoms with van der Waals surface area (Å²) in [6, 6.07) is 0. The molecule has 0 aromatic heterocycles. The molecule has 2 N–H and O–H groups in total. The Labute approximate surface area is 86.6 Å². The van der Waals surface area contributed by atoms with Gasteiger partial charge >= 0.3 is 0 Å². The first-order valence-electron chi connectivity index (χ1n) is 5.61. The standard InChI is InChI=1S/C11H22N2O/c1-9(2)5-7-13-6-3-4-10(8-13)11(12)14/h9-10H,3-8H2,1-2H3,(H2,12,14)/t10-/m0/s1. The summed E-state index contributed by atoms with van der Waals surface area (Å²) >= 11 is 0. The van der Waals surface area contributed by atoms with Gasteiger partial charge < -0.3 is 10.6 Å². The van der Waals surface area contributed by atoms with E-state index in [0.29, 0.717) is 0 Å². The summed E-state index contributed by atoms with van der Waals surface area (Å²) in [5.41, 5.74) is 5.32. The highest BCUT2D eigenvalue weighted by Gasteiger charge is 2.23. The molecule has 0 aromatic rings. The first kappa shape index (κ1) is 11.5. The first-order valence-corrected chi connectivity index (χ1v) is 5.61. The third-order valence-corrected chi connectivity index (χ3v) is 2.93. The minimum Gasteiger partial charge on any atom is -0.369 e. The third kappa shape index (κ3) is 3.66. The minimum atomic E-state index is -0.126. The van der Waals surface area contributed by atoms with Gasteiger partial charge in [0.2, 0.25) is 5.91 Å². The molecule has 14 heavy (non-hydrogen) atoms. The van der Waals surface area contributed by atoms with Gasteiger partial charge in [-0.25, -0.2) is 0 Å². The highest BCUT2D eigenvalue weighted by molar-refractivity contribution is 5.76. The van der Waals surface area contributed by atoms with Gasteiger partial charge in [-0.1, -0.05) is 13.8 Å². The van der Waals surface area contributed by atoms with Crippen LogP contribution in [0.5, 0.6) is 0 Å². The van der Waals surface area contributed by atoms with Crippen molar-refractivity contribution in [2.45, 2.75) is 33.1 Å². The number of hydrogen-bond acceptors (Lipinski definition) is 2. The lowest BCUT2D eigenvalue weighted by Crippen LogP contribution is -2.41. The van der Waals surface area contributed by atoms with Crippen LogP contribution in [0, 0.1) is 11.8 Å². The molecule has 3 nitrogen and oxygen atoms in total. The number of primary amides is 1. The highest BCUT2D eigenvalue weighted by Crippen LogP contribution is 2.16. The molecule has 0 aromatic carbocycles. The van der Waals surface area contributed by atoms with Gasteiger partial charge in [-0.2, -0.15) is 0 Å². The van der Waals surface area contributed by atoms with Gasteiger partial charge in [-0.3, -0.25) is 4.79 Å². The van der Waals surface area contributed by atoms with Gasteiger partial charge in [0.05, 0.1) is 5.92 Å². The molecule has 1 saturated heterocycles. The van der Waals surface area contributed by atoms with E-state index in [1.54, 1.807) is 0 Å². The summed E-state index contributed by atoms with van der Waals surface area (Å²) in [6.07, 6.45) is 3.31. The zero-order valence-electron chi connectivity index (χ0n) is 9.33. The van der Waals surface area contributed by atoms with E-state index in [4.69, 9.17) is 5.73 Å². The molecule has 0 radical (unpaired) electrons. The van der Waals surface area contributed by atoms with Crippen LogP contribution in [-0.2, 0) is 4.79 Å². The summed E-state index contributed by atoms with van der Waals surface area (Å²) in [6.45, 7) is 7.59. The van der Waals surface area contributed by atoms with E-state index in [1.807, 2.05) is 0 Å². The average Bonchev–Trinajstić information content (AvgIpc) is 2.15. The molecule has 1 atom stereocenters. The van der Waals surface area contributed by atoms with Crippen molar-refractivity contribution in [1.82, 2.24) is 4.90 Å². The van der Waals surface area contributed by atoms with Crippen molar-refractivity contribution in [3.8, 4) is 0 Å². The van der Waals surface area contributed by atoms with E-state index < -0.39 is 0 Å². The number of carbonyl (C=O) groups is 1. The van der Waals surface area contributed by atoms with Crippen LogP contribution in [0.25, 0.3) is 0 Å². The van der Waals surface area contributed by atoms with E-state index in [-0.39, 0.29) is 11.8 Å². The Kier molecular flexibility index (Phi) is 4.39. The van der Waals surface area contributed by atoms with Crippen molar-refractivity contribution < 1.29 is 4.79 Å². The van der Waals surface area contributed by atoms with Crippen LogP contribution >= 0.6 is 0 Å². The van der Waals surface area contributed by atoms with E-state index in [1.165, 1.54) is 6.42 Å². The summed E-state index contributed by atoms with van der Waals surface area (Å²) in [7, 11) is 0. The molecule has 1 aliphatic rings. The smallest absolute Gasteiger partial charge is 0.221 e. The second-order valence-electron chi connectivity index (χ2n) is 4.72. The Bertz CT molecular complexity index is 192. The fourth-order valence-electron chi connectivity index (χ4n) is 1.93. The van der Waals surface area contributed by atoms with Gasteiger partial charge in [0.15, 0.2) is 0 Å². The van der Waals surface area contributed by atoms with E-state index >= 15 is 0 Å². The quantitative estimate of drug-likeness (QED) is 0.738. The van der Waals surface area contributed by atoms with Crippen LogP contribution in [0.4, 0.5) is 0 Å². The number of likely N-dealkylation sites (tertiary alicyclic amines) is 1. The van der Waals surface area contributed by atoms with Gasteiger partial charge in [0, 0.05) is 6.54 Å². The molecule has 0 saturated carbocycles. The van der Waals surface area contributed by atoms with E-state index in [2.05, 4.69) is 18.7 Å². The Hall–Kier alpha value is -0.570. The number of carbonyl (C=O) groups excluding carboxylic acids is 1. The molecule has 0 unspecified atom stereocenters. The summed E-state index contributed by atoms with van der Waals surface area (Å²) in [5, 5.41) is 0. The number of piperidine rings is 1. The molecule has 1 fully saturated rings. The number of rotatable bonds is 4. The number of nitrogens with zero attached hydrogens (tertiary/aromatic N) is 1. The molecule has 0 aliphatic carbocycles. The summed E-state index contributed by atoms with van der Waals surface area (Å²) < 4.78 is 0. The number of hydrogen-bond donors (Lipinski definition) is 1. The maximum Gasteiger partial charge on any atom is 0.221 e. The Balaban J connectivity index is 2.29. The molecular weight excluding hydrogens is 176 g/mol. The predicted octanol–water partition coefficient (Wildman–Crippen LogP) is 1.23. The van der Waals surface area contributed by atoms with Crippen molar-refractivity contribution in [3.63, 3.8) is 0 Å². The van der Waals surface area contributed by atoms with Crippen LogP contribution in [0.3, 0.4) is 0 Å². The van der Waals surface area contributed by atoms with Crippen LogP contribution in [0.1, 0.15) is 33.1 Å². The van der Waals surface area contributed by atoms with Crippen LogP contribution < -0.4 is 5.73 Å². The third-order valence-electron chi connectivity index (χ3n) is 2.93. The molecule has 1 aliphatic heterocycles. The van der Waals surface area contributed by atoms with Crippen molar-refractivity contribution in [2.75, 3.05) is 19.6 Å². The monoisotopic (exact) mass is 198 g/mol. The Morgan fingerprint density at radius 2 is 2.29 bits per heavy atom. The van der Waals surface area contributed by atoms with Crippen molar-refractivity contribution in [1.29, 1.82) is 0 Å².